The Balaban J connectivity index is 1.74. The normalized spacial score (nSPS) is 36.4. The van der Waals surface area contributed by atoms with Crippen molar-refractivity contribution < 1.29 is 4.79 Å². The van der Waals surface area contributed by atoms with E-state index < -0.39 is 0 Å². The Morgan fingerprint density at radius 2 is 2.04 bits per heavy atom. The maximum Gasteiger partial charge on any atom is 0.223 e. The van der Waals surface area contributed by atoms with Crippen molar-refractivity contribution >= 4 is 29.1 Å². The highest BCUT2D eigenvalue weighted by Crippen LogP contribution is 2.66. The molecule has 1 aliphatic heterocycles. The zero-order valence-electron chi connectivity index (χ0n) is 15.3. The number of carbonyl (C=O) groups excluding carboxylic acids is 1. The Hall–Kier alpha value is -0.730. The maximum atomic E-state index is 12.7. The van der Waals surface area contributed by atoms with E-state index in [1.54, 1.807) is 0 Å². The van der Waals surface area contributed by atoms with Crippen molar-refractivity contribution in [3.63, 3.8) is 0 Å². The highest BCUT2D eigenvalue weighted by atomic mass is 35.5. The number of amides is 1. The van der Waals surface area contributed by atoms with Crippen LogP contribution >= 0.6 is 23.2 Å². The van der Waals surface area contributed by atoms with Gasteiger partial charge >= 0.3 is 0 Å². The number of hydrogen-bond donors (Lipinski definition) is 0. The SMILES string of the molecule is CC1C2CC(CC1(Cc1ccc(Cl)cc1Cl)N1CCCC1=O)C2(C)C. The molecule has 3 aliphatic carbocycles. The number of fused-ring (bicyclic) bond motifs is 2. The van der Waals surface area contributed by atoms with Gasteiger partial charge in [-0.05, 0) is 66.5 Å². The predicted octanol–water partition coefficient (Wildman–Crippen LogP) is 5.60. The Kier molecular flexibility index (Phi) is 4.16. The second kappa shape index (κ2) is 5.89. The maximum absolute atomic E-state index is 12.7. The summed E-state index contributed by atoms with van der Waals surface area (Å²) in [6.45, 7) is 8.09. The van der Waals surface area contributed by atoms with Gasteiger partial charge in [-0.1, -0.05) is 50.0 Å². The lowest BCUT2D eigenvalue weighted by Gasteiger charge is -2.68. The van der Waals surface area contributed by atoms with Crippen LogP contribution in [0.5, 0.6) is 0 Å². The molecule has 0 aromatic heterocycles. The fourth-order valence-corrected chi connectivity index (χ4v) is 6.51. The highest BCUT2D eigenvalue weighted by Gasteiger charge is 2.64. The summed E-state index contributed by atoms with van der Waals surface area (Å²) < 4.78 is 0. The molecule has 1 amide bonds. The minimum atomic E-state index is -0.0891. The van der Waals surface area contributed by atoms with Crippen LogP contribution in [0.15, 0.2) is 18.2 Å². The Bertz CT molecular complexity index is 716. The molecule has 2 bridgehead atoms. The van der Waals surface area contributed by atoms with Crippen LogP contribution in [0.1, 0.15) is 52.0 Å². The molecule has 0 radical (unpaired) electrons. The van der Waals surface area contributed by atoms with Gasteiger partial charge in [-0.15, -0.1) is 0 Å². The van der Waals surface area contributed by atoms with Crippen molar-refractivity contribution in [1.82, 2.24) is 4.90 Å². The van der Waals surface area contributed by atoms with Crippen LogP contribution in [-0.2, 0) is 11.2 Å². The van der Waals surface area contributed by atoms with Gasteiger partial charge in [0.15, 0.2) is 0 Å². The minimum absolute atomic E-state index is 0.0891. The fraction of sp³-hybridized carbons (Fsp3) is 0.667. The summed E-state index contributed by atoms with van der Waals surface area (Å²) in [5.74, 6) is 2.20. The molecule has 0 N–H and O–H groups in total. The topological polar surface area (TPSA) is 20.3 Å². The molecule has 4 atom stereocenters. The monoisotopic (exact) mass is 379 g/mol. The quantitative estimate of drug-likeness (QED) is 0.669. The first-order valence-electron chi connectivity index (χ1n) is 9.50. The van der Waals surface area contributed by atoms with Gasteiger partial charge in [-0.25, -0.2) is 0 Å². The molecule has 25 heavy (non-hydrogen) atoms. The summed E-state index contributed by atoms with van der Waals surface area (Å²) >= 11 is 12.6. The largest absolute Gasteiger partial charge is 0.336 e. The Morgan fingerprint density at radius 3 is 2.60 bits per heavy atom. The van der Waals surface area contributed by atoms with Gasteiger partial charge in [0.2, 0.25) is 5.91 Å². The molecule has 4 unspecified atom stereocenters. The van der Waals surface area contributed by atoms with Crippen molar-refractivity contribution in [2.75, 3.05) is 6.54 Å². The zero-order chi connectivity index (χ0) is 18.0. The average Bonchev–Trinajstić information content (AvgIpc) is 2.98. The van der Waals surface area contributed by atoms with Crippen LogP contribution in [0.3, 0.4) is 0 Å². The van der Waals surface area contributed by atoms with Crippen LogP contribution in [0.2, 0.25) is 10.0 Å². The summed E-state index contributed by atoms with van der Waals surface area (Å²) in [5.41, 5.74) is 1.43. The third-order valence-electron chi connectivity index (χ3n) is 7.72. The van der Waals surface area contributed by atoms with Gasteiger partial charge in [0.05, 0.1) is 5.54 Å². The molecular weight excluding hydrogens is 353 g/mol. The lowest BCUT2D eigenvalue weighted by atomic mass is 9.41. The first kappa shape index (κ1) is 17.7. The Morgan fingerprint density at radius 1 is 1.28 bits per heavy atom. The van der Waals surface area contributed by atoms with Crippen LogP contribution in [-0.4, -0.2) is 22.9 Å². The van der Waals surface area contributed by atoms with Crippen molar-refractivity contribution in [2.45, 2.75) is 58.4 Å². The number of nitrogens with zero attached hydrogens (tertiary/aromatic N) is 1. The van der Waals surface area contributed by atoms with E-state index in [1.165, 1.54) is 6.42 Å². The highest BCUT2D eigenvalue weighted by molar-refractivity contribution is 6.35. The van der Waals surface area contributed by atoms with E-state index in [0.29, 0.717) is 40.5 Å². The molecular formula is C21H27Cl2NO. The molecule has 1 aromatic carbocycles. The molecule has 4 heteroatoms. The van der Waals surface area contributed by atoms with Gasteiger partial charge < -0.3 is 4.90 Å². The van der Waals surface area contributed by atoms with Gasteiger partial charge in [0, 0.05) is 23.0 Å². The first-order chi connectivity index (χ1) is 11.8. The number of carbonyl (C=O) groups is 1. The molecule has 1 saturated heterocycles. The molecule has 4 aliphatic rings. The van der Waals surface area contributed by atoms with Gasteiger partial charge in [-0.2, -0.15) is 0 Å². The fourth-order valence-electron chi connectivity index (χ4n) is 6.04. The molecule has 2 nitrogen and oxygen atoms in total. The molecule has 1 aromatic rings. The molecule has 3 saturated carbocycles. The van der Waals surface area contributed by atoms with Crippen molar-refractivity contribution in [2.24, 2.45) is 23.2 Å². The predicted molar refractivity (Wildman–Crippen MR) is 103 cm³/mol. The van der Waals surface area contributed by atoms with Gasteiger partial charge in [0.1, 0.15) is 0 Å². The van der Waals surface area contributed by atoms with Crippen molar-refractivity contribution in [3.8, 4) is 0 Å². The summed E-state index contributed by atoms with van der Waals surface area (Å²) in [5, 5.41) is 1.39. The lowest BCUT2D eigenvalue weighted by Crippen LogP contribution is -2.68. The molecule has 0 spiro atoms. The summed E-state index contributed by atoms with van der Waals surface area (Å²) in [6, 6.07) is 5.79. The van der Waals surface area contributed by atoms with E-state index in [-0.39, 0.29) is 5.54 Å². The van der Waals surface area contributed by atoms with Crippen LogP contribution in [0.4, 0.5) is 0 Å². The zero-order valence-corrected chi connectivity index (χ0v) is 16.8. The van der Waals surface area contributed by atoms with E-state index in [0.717, 1.165) is 36.4 Å². The van der Waals surface area contributed by atoms with E-state index in [2.05, 4.69) is 25.7 Å². The first-order valence-corrected chi connectivity index (χ1v) is 10.3. The van der Waals surface area contributed by atoms with E-state index >= 15 is 0 Å². The van der Waals surface area contributed by atoms with Crippen LogP contribution in [0.25, 0.3) is 0 Å². The van der Waals surface area contributed by atoms with Gasteiger partial charge in [-0.3, -0.25) is 4.79 Å². The number of likely N-dealkylation sites (tertiary alicyclic amines) is 1. The second-order valence-electron chi connectivity index (χ2n) is 9.02. The second-order valence-corrected chi connectivity index (χ2v) is 9.86. The standard InChI is InChI=1S/C21H27Cl2NO/c1-13-17-9-15(20(17,2)3)12-21(13,24-8-4-5-19(24)25)11-14-6-7-16(22)10-18(14)23/h6-7,10,13,15,17H,4-5,8-9,11-12H2,1-3H3. The number of halogens is 2. The van der Waals surface area contributed by atoms with E-state index in [1.807, 2.05) is 18.2 Å². The average molecular weight is 380 g/mol. The molecule has 5 rings (SSSR count). The molecule has 1 heterocycles. The van der Waals surface area contributed by atoms with Crippen LogP contribution < -0.4 is 0 Å². The van der Waals surface area contributed by atoms with E-state index in [4.69, 9.17) is 23.2 Å². The molecule has 136 valence electrons. The smallest absolute Gasteiger partial charge is 0.223 e. The van der Waals surface area contributed by atoms with E-state index in [9.17, 15) is 4.79 Å². The molecule has 4 fully saturated rings. The number of hydrogen-bond acceptors (Lipinski definition) is 1. The third-order valence-corrected chi connectivity index (χ3v) is 8.31. The number of benzene rings is 1. The number of rotatable bonds is 3. The Labute approximate surface area is 160 Å². The lowest BCUT2D eigenvalue weighted by molar-refractivity contribution is -0.184. The van der Waals surface area contributed by atoms with Gasteiger partial charge in [0.25, 0.3) is 0 Å². The summed E-state index contributed by atoms with van der Waals surface area (Å²) in [6.07, 6.45) is 4.94. The third kappa shape index (κ3) is 2.55. The van der Waals surface area contributed by atoms with Crippen molar-refractivity contribution in [3.05, 3.63) is 33.8 Å². The summed E-state index contributed by atoms with van der Waals surface area (Å²) in [4.78, 5) is 14.9. The minimum Gasteiger partial charge on any atom is -0.336 e. The van der Waals surface area contributed by atoms with Crippen molar-refractivity contribution in [1.29, 1.82) is 0 Å². The summed E-state index contributed by atoms with van der Waals surface area (Å²) in [7, 11) is 0. The van der Waals surface area contributed by atoms with Crippen LogP contribution in [0, 0.1) is 23.2 Å².